The van der Waals surface area contributed by atoms with Crippen molar-refractivity contribution in [3.8, 4) is 0 Å². The van der Waals surface area contributed by atoms with Crippen LogP contribution in [0.2, 0.25) is 0 Å². The summed E-state index contributed by atoms with van der Waals surface area (Å²) < 4.78 is 0. The van der Waals surface area contributed by atoms with E-state index in [1.54, 1.807) is 11.8 Å². The summed E-state index contributed by atoms with van der Waals surface area (Å²) in [6.07, 6.45) is 9.39. The summed E-state index contributed by atoms with van der Waals surface area (Å²) >= 11 is 1.76. The molecule has 17 heavy (non-hydrogen) atoms. The number of rotatable bonds is 6. The summed E-state index contributed by atoms with van der Waals surface area (Å²) in [6, 6.07) is -0.313. The van der Waals surface area contributed by atoms with Gasteiger partial charge >= 0.3 is 0 Å². The third-order valence-electron chi connectivity index (χ3n) is 3.61. The van der Waals surface area contributed by atoms with Crippen molar-refractivity contribution < 1.29 is 4.79 Å². The summed E-state index contributed by atoms with van der Waals surface area (Å²) in [5.41, 5.74) is 5.96. The van der Waals surface area contributed by atoms with Crippen LogP contribution >= 0.6 is 11.8 Å². The second-order valence-electron chi connectivity index (χ2n) is 5.14. The topological polar surface area (TPSA) is 55.1 Å². The molecule has 1 fully saturated rings. The van der Waals surface area contributed by atoms with E-state index in [-0.39, 0.29) is 11.9 Å². The number of carbonyl (C=O) groups excluding carboxylic acids is 1. The Morgan fingerprint density at radius 2 is 2.06 bits per heavy atom. The number of hydrogen-bond donors (Lipinski definition) is 2. The summed E-state index contributed by atoms with van der Waals surface area (Å²) in [4.78, 5) is 11.8. The number of nitrogens with one attached hydrogen (secondary N) is 1. The molecular formula is C13H26N2OS. The molecule has 0 aromatic heterocycles. The molecule has 0 spiro atoms. The molecule has 0 radical (unpaired) electrons. The van der Waals surface area contributed by atoms with Gasteiger partial charge in [-0.15, -0.1) is 0 Å². The van der Waals surface area contributed by atoms with E-state index in [0.29, 0.717) is 11.2 Å². The van der Waals surface area contributed by atoms with Gasteiger partial charge in [0.1, 0.15) is 0 Å². The molecule has 3 nitrogen and oxygen atoms in total. The highest BCUT2D eigenvalue weighted by Gasteiger charge is 2.21. The molecule has 1 rings (SSSR count). The largest absolute Gasteiger partial charge is 0.354 e. The lowest BCUT2D eigenvalue weighted by molar-refractivity contribution is -0.122. The van der Waals surface area contributed by atoms with E-state index in [1.807, 2.05) is 0 Å². The Labute approximate surface area is 109 Å². The van der Waals surface area contributed by atoms with Crippen molar-refractivity contribution in [2.45, 2.75) is 56.7 Å². The maximum Gasteiger partial charge on any atom is 0.236 e. The lowest BCUT2D eigenvalue weighted by atomic mass is 9.85. The first-order chi connectivity index (χ1) is 8.13. The Hall–Kier alpha value is -0.220. The first-order valence-electron chi connectivity index (χ1n) is 6.69. The van der Waals surface area contributed by atoms with Crippen LogP contribution in [-0.4, -0.2) is 30.0 Å². The van der Waals surface area contributed by atoms with Gasteiger partial charge in [0.05, 0.1) is 6.04 Å². The molecule has 1 amide bonds. The Morgan fingerprint density at radius 1 is 1.41 bits per heavy atom. The SMILES string of the molecule is CSC(C)CNC(=O)C(N)CC1CCCCC1. The van der Waals surface area contributed by atoms with Gasteiger partial charge in [0.25, 0.3) is 0 Å². The van der Waals surface area contributed by atoms with E-state index in [0.717, 1.165) is 13.0 Å². The Balaban J connectivity index is 2.21. The Kier molecular flexibility index (Phi) is 6.97. The molecule has 2 unspecified atom stereocenters. The van der Waals surface area contributed by atoms with Crippen LogP contribution in [0.4, 0.5) is 0 Å². The molecule has 0 aromatic rings. The minimum absolute atomic E-state index is 0.0245. The maximum atomic E-state index is 11.8. The zero-order valence-corrected chi connectivity index (χ0v) is 11.9. The quantitative estimate of drug-likeness (QED) is 0.767. The van der Waals surface area contributed by atoms with Gasteiger partial charge < -0.3 is 11.1 Å². The van der Waals surface area contributed by atoms with Crippen LogP contribution in [0.15, 0.2) is 0 Å². The number of amides is 1. The van der Waals surface area contributed by atoms with E-state index in [2.05, 4.69) is 18.5 Å². The summed E-state index contributed by atoms with van der Waals surface area (Å²) in [6.45, 7) is 2.83. The fraction of sp³-hybridized carbons (Fsp3) is 0.923. The van der Waals surface area contributed by atoms with E-state index < -0.39 is 0 Å². The van der Waals surface area contributed by atoms with Crippen molar-refractivity contribution in [1.29, 1.82) is 0 Å². The summed E-state index contributed by atoms with van der Waals surface area (Å²) in [5.74, 6) is 0.693. The highest BCUT2D eigenvalue weighted by Crippen LogP contribution is 2.26. The van der Waals surface area contributed by atoms with Crippen LogP contribution in [0.1, 0.15) is 45.4 Å². The average molecular weight is 258 g/mol. The lowest BCUT2D eigenvalue weighted by Gasteiger charge is -2.24. The van der Waals surface area contributed by atoms with Crippen molar-refractivity contribution in [2.75, 3.05) is 12.8 Å². The predicted molar refractivity (Wildman–Crippen MR) is 75.2 cm³/mol. The van der Waals surface area contributed by atoms with Gasteiger partial charge in [0.2, 0.25) is 5.91 Å². The Bertz CT molecular complexity index is 229. The molecule has 100 valence electrons. The first kappa shape index (κ1) is 14.8. The number of hydrogen-bond acceptors (Lipinski definition) is 3. The number of nitrogens with two attached hydrogens (primary N) is 1. The smallest absolute Gasteiger partial charge is 0.236 e. The van der Waals surface area contributed by atoms with Gasteiger partial charge in [-0.3, -0.25) is 4.79 Å². The highest BCUT2D eigenvalue weighted by atomic mass is 32.2. The van der Waals surface area contributed by atoms with Crippen LogP contribution in [0.5, 0.6) is 0 Å². The van der Waals surface area contributed by atoms with Crippen LogP contribution in [0.25, 0.3) is 0 Å². The van der Waals surface area contributed by atoms with Gasteiger partial charge in [0.15, 0.2) is 0 Å². The fourth-order valence-electron chi connectivity index (χ4n) is 2.35. The molecule has 1 aliphatic carbocycles. The summed E-state index contributed by atoms with van der Waals surface area (Å²) in [5, 5.41) is 3.40. The first-order valence-corrected chi connectivity index (χ1v) is 7.98. The molecule has 4 heteroatoms. The number of carbonyl (C=O) groups is 1. The van der Waals surface area contributed by atoms with Crippen molar-refractivity contribution >= 4 is 17.7 Å². The normalized spacial score (nSPS) is 20.9. The van der Waals surface area contributed by atoms with Gasteiger partial charge in [-0.2, -0.15) is 11.8 Å². The molecular weight excluding hydrogens is 232 g/mol. The predicted octanol–water partition coefficient (Wildman–Crippen LogP) is 2.15. The molecule has 1 saturated carbocycles. The molecule has 0 aromatic carbocycles. The molecule has 0 bridgehead atoms. The standard InChI is InChI=1S/C13H26N2OS/c1-10(17-2)9-15-13(16)12(14)8-11-6-4-3-5-7-11/h10-12H,3-9,14H2,1-2H3,(H,15,16). The third-order valence-corrected chi connectivity index (χ3v) is 4.59. The van der Waals surface area contributed by atoms with Crippen molar-refractivity contribution in [3.05, 3.63) is 0 Å². The average Bonchev–Trinajstić information content (AvgIpc) is 2.36. The van der Waals surface area contributed by atoms with Crippen molar-refractivity contribution in [2.24, 2.45) is 11.7 Å². The second kappa shape index (κ2) is 7.98. The minimum atomic E-state index is -0.313. The Morgan fingerprint density at radius 3 is 2.65 bits per heavy atom. The van der Waals surface area contributed by atoms with Crippen LogP contribution < -0.4 is 11.1 Å². The number of thioether (sulfide) groups is 1. The maximum absolute atomic E-state index is 11.8. The van der Waals surface area contributed by atoms with Gasteiger partial charge in [-0.25, -0.2) is 0 Å². The molecule has 2 atom stereocenters. The van der Waals surface area contributed by atoms with Crippen LogP contribution in [0, 0.1) is 5.92 Å². The fourth-order valence-corrected chi connectivity index (χ4v) is 2.60. The van der Waals surface area contributed by atoms with Crippen molar-refractivity contribution in [1.82, 2.24) is 5.32 Å². The van der Waals surface area contributed by atoms with Crippen molar-refractivity contribution in [3.63, 3.8) is 0 Å². The van der Waals surface area contributed by atoms with E-state index in [9.17, 15) is 4.79 Å². The van der Waals surface area contributed by atoms with E-state index in [1.165, 1.54) is 32.1 Å². The van der Waals surface area contributed by atoms with Gasteiger partial charge in [0, 0.05) is 11.8 Å². The highest BCUT2D eigenvalue weighted by molar-refractivity contribution is 7.99. The minimum Gasteiger partial charge on any atom is -0.354 e. The molecule has 3 N–H and O–H groups in total. The molecule has 0 heterocycles. The van der Waals surface area contributed by atoms with Gasteiger partial charge in [-0.1, -0.05) is 39.0 Å². The third kappa shape index (κ3) is 5.77. The zero-order valence-electron chi connectivity index (χ0n) is 11.1. The monoisotopic (exact) mass is 258 g/mol. The van der Waals surface area contributed by atoms with Gasteiger partial charge in [-0.05, 0) is 18.6 Å². The van der Waals surface area contributed by atoms with Crippen LogP contribution in [-0.2, 0) is 4.79 Å². The van der Waals surface area contributed by atoms with E-state index >= 15 is 0 Å². The summed E-state index contributed by atoms with van der Waals surface area (Å²) in [7, 11) is 0. The molecule has 0 aliphatic heterocycles. The second-order valence-corrected chi connectivity index (χ2v) is 6.41. The lowest BCUT2D eigenvalue weighted by Crippen LogP contribution is -2.43. The van der Waals surface area contributed by atoms with E-state index in [4.69, 9.17) is 5.73 Å². The van der Waals surface area contributed by atoms with Crippen LogP contribution in [0.3, 0.4) is 0 Å². The molecule has 0 saturated heterocycles. The molecule has 1 aliphatic rings. The zero-order chi connectivity index (χ0) is 12.7.